The molecule has 0 saturated carbocycles. The second-order valence-corrected chi connectivity index (χ2v) is 20.2. The minimum absolute atomic E-state index is 0.0194. The monoisotopic (exact) mass is 853 g/mol. The van der Waals surface area contributed by atoms with Crippen molar-refractivity contribution in [3.8, 4) is 0 Å². The molecule has 4 N–H and O–H groups in total. The highest BCUT2D eigenvalue weighted by atomic mass is 16.8. The van der Waals surface area contributed by atoms with Crippen LogP contribution in [0.4, 0.5) is 0 Å². The van der Waals surface area contributed by atoms with Crippen LogP contribution in [0.15, 0.2) is 11.6 Å². The van der Waals surface area contributed by atoms with Crippen LogP contribution in [0.1, 0.15) is 127 Å². The molecule has 6 aliphatic rings. The largest absolute Gasteiger partial charge is 0.481 e. The summed E-state index contributed by atoms with van der Waals surface area (Å²) in [4.78, 5) is 24.8. The Balaban J connectivity index is 1.23. The molecule has 6 rings (SSSR count). The van der Waals surface area contributed by atoms with Crippen molar-refractivity contribution in [3.05, 3.63) is 11.6 Å². The van der Waals surface area contributed by atoms with Gasteiger partial charge < -0.3 is 58.3 Å². The van der Waals surface area contributed by atoms with E-state index in [-0.39, 0.29) is 66.3 Å². The van der Waals surface area contributed by atoms with Crippen LogP contribution in [0.5, 0.6) is 0 Å². The fourth-order valence-electron chi connectivity index (χ4n) is 11.4. The number of ketones is 1. The van der Waals surface area contributed by atoms with E-state index >= 15 is 0 Å². The van der Waals surface area contributed by atoms with Gasteiger partial charge in [-0.25, -0.2) is 0 Å². The summed E-state index contributed by atoms with van der Waals surface area (Å²) in [5.41, 5.74) is -0.319. The third-order valence-electron chi connectivity index (χ3n) is 15.5. The average Bonchev–Trinajstić information content (AvgIpc) is 3.71. The second kappa shape index (κ2) is 18.5. The van der Waals surface area contributed by atoms with Gasteiger partial charge in [0, 0.05) is 68.3 Å². The van der Waals surface area contributed by atoms with E-state index in [2.05, 4.69) is 20.8 Å². The van der Waals surface area contributed by atoms with Crippen molar-refractivity contribution in [2.75, 3.05) is 20.3 Å². The average molecular weight is 853 g/mol. The van der Waals surface area contributed by atoms with Gasteiger partial charge in [-0.1, -0.05) is 61.5 Å². The molecule has 0 unspecified atom stereocenters. The number of hydrogen-bond donors (Lipinski definition) is 4. The molecule has 60 heavy (non-hydrogen) atoms. The van der Waals surface area contributed by atoms with Gasteiger partial charge in [-0.3, -0.25) is 9.59 Å². The van der Waals surface area contributed by atoms with E-state index in [1.807, 2.05) is 33.8 Å². The first-order chi connectivity index (χ1) is 28.1. The van der Waals surface area contributed by atoms with E-state index in [4.69, 9.17) is 37.9 Å². The van der Waals surface area contributed by atoms with E-state index in [9.17, 15) is 30.0 Å². The van der Waals surface area contributed by atoms with Crippen LogP contribution in [0.2, 0.25) is 0 Å². The topological polar surface area (TPSA) is 189 Å². The van der Waals surface area contributed by atoms with Gasteiger partial charge in [-0.15, -0.1) is 0 Å². The minimum atomic E-state index is -1.66. The summed E-state index contributed by atoms with van der Waals surface area (Å²) in [5, 5.41) is 42.4. The van der Waals surface area contributed by atoms with Crippen molar-refractivity contribution in [2.45, 2.75) is 199 Å². The summed E-state index contributed by atoms with van der Waals surface area (Å²) in [6.07, 6.45) is 3.52. The molecule has 14 nitrogen and oxygen atoms in total. The fourth-order valence-corrected chi connectivity index (χ4v) is 11.4. The number of carboxylic acid groups (broad SMARTS) is 1. The first kappa shape index (κ1) is 47.9. The van der Waals surface area contributed by atoms with Gasteiger partial charge >= 0.3 is 5.97 Å². The highest BCUT2D eigenvalue weighted by Crippen LogP contribution is 2.56. The highest BCUT2D eigenvalue weighted by Gasteiger charge is 2.65. The van der Waals surface area contributed by atoms with Gasteiger partial charge in [0.1, 0.15) is 0 Å². The van der Waals surface area contributed by atoms with Crippen LogP contribution in [-0.2, 0) is 47.5 Å². The molecule has 2 spiro atoms. The van der Waals surface area contributed by atoms with Gasteiger partial charge in [-0.2, -0.15) is 0 Å². The van der Waals surface area contributed by atoms with Gasteiger partial charge in [0.25, 0.3) is 0 Å². The number of allylic oxidation sites excluding steroid dienone is 1. The van der Waals surface area contributed by atoms with Gasteiger partial charge in [0.05, 0.1) is 67.5 Å². The SMILES string of the molecule is CO[C@H]1CC[C@@H](O[C@H]2C[C@H]([C@]3(C)CC[C@]4(C[C@H](O)[C@@H](C)[C@@H]([C@@H](C)/C=C(\C)C(=O)[C@H](C)C[C@H](C)C(=O)O)O4)O3)O[C@]3(O[C@@H]([C@H]4O[C@@](O)(CO)[C@H](C)C[C@@H]4C)C[C@@H]3C)[C@@H]2C)OC1. The summed E-state index contributed by atoms with van der Waals surface area (Å²) in [6.45, 7) is 19.3. The number of aliphatic hydroxyl groups is 3. The number of hydrogen-bond acceptors (Lipinski definition) is 13. The lowest BCUT2D eigenvalue weighted by Gasteiger charge is -2.54. The Morgan fingerprint density at radius 3 is 2.28 bits per heavy atom. The molecule has 6 heterocycles. The molecule has 6 saturated heterocycles. The molecule has 0 aromatic rings. The number of carbonyl (C=O) groups is 2. The predicted octanol–water partition coefficient (Wildman–Crippen LogP) is 5.76. The third kappa shape index (κ3) is 9.46. The zero-order valence-electron chi connectivity index (χ0n) is 38.0. The molecule has 0 amide bonds. The first-order valence-corrected chi connectivity index (χ1v) is 22.8. The number of carboxylic acids is 1. The quantitative estimate of drug-likeness (QED) is 0.164. The van der Waals surface area contributed by atoms with Crippen LogP contribution in [0, 0.1) is 47.3 Å². The summed E-state index contributed by atoms with van der Waals surface area (Å²) in [6, 6.07) is 0. The Hall–Kier alpha value is -1.56. The fraction of sp³-hybridized carbons (Fsp3) is 0.913. The van der Waals surface area contributed by atoms with E-state index in [0.29, 0.717) is 50.7 Å². The molecule has 0 aromatic heterocycles. The number of Topliss-reactive ketones (excluding diaryl/α,β-unsaturated/α-hetero) is 1. The molecule has 0 aromatic carbocycles. The van der Waals surface area contributed by atoms with Crippen molar-refractivity contribution in [2.24, 2.45) is 47.3 Å². The van der Waals surface area contributed by atoms with Crippen molar-refractivity contribution < 1.29 is 67.9 Å². The highest BCUT2D eigenvalue weighted by molar-refractivity contribution is 5.96. The van der Waals surface area contributed by atoms with Gasteiger partial charge in [-0.05, 0) is 57.4 Å². The summed E-state index contributed by atoms with van der Waals surface area (Å²) in [7, 11) is 1.69. The van der Waals surface area contributed by atoms with Crippen LogP contribution in [-0.4, -0.2) is 124 Å². The number of methoxy groups -OCH3 is 1. The molecular weight excluding hydrogens is 776 g/mol. The van der Waals surface area contributed by atoms with E-state index in [1.54, 1.807) is 27.9 Å². The summed E-state index contributed by atoms with van der Waals surface area (Å²) >= 11 is 0. The van der Waals surface area contributed by atoms with Crippen LogP contribution in [0.25, 0.3) is 0 Å². The van der Waals surface area contributed by atoms with E-state index in [1.165, 1.54) is 0 Å². The molecule has 20 atom stereocenters. The van der Waals surface area contributed by atoms with Crippen molar-refractivity contribution >= 4 is 11.8 Å². The molecular formula is C46H76O14. The third-order valence-corrected chi connectivity index (χ3v) is 15.5. The van der Waals surface area contributed by atoms with E-state index in [0.717, 1.165) is 6.42 Å². The summed E-state index contributed by atoms with van der Waals surface area (Å²) in [5.74, 6) is -6.96. The zero-order valence-corrected chi connectivity index (χ0v) is 38.0. The van der Waals surface area contributed by atoms with E-state index < -0.39 is 84.2 Å². The number of aliphatic hydroxyl groups excluding tert-OH is 2. The van der Waals surface area contributed by atoms with Crippen molar-refractivity contribution in [3.63, 3.8) is 0 Å². The Morgan fingerprint density at radius 2 is 1.65 bits per heavy atom. The minimum Gasteiger partial charge on any atom is -0.481 e. The lowest BCUT2D eigenvalue weighted by Crippen LogP contribution is -2.63. The maximum Gasteiger partial charge on any atom is 0.306 e. The number of rotatable bonds is 13. The molecule has 0 bridgehead atoms. The molecule has 6 fully saturated rings. The standard InChI is InChI=1S/C46H76O14/c1-24(39(49)25(2)17-28(5)42(50)51)16-26(3)40-31(8)34(48)21-44(58-40)15-14-43(10,60-44)37-20-35(55-38-13-12-33(53-11)22-54-38)32(9)46(57-37)30(7)19-36(56-46)41-27(4)18-29(6)45(52,23-47)59-41/h16,25-38,40-41,47-48,52H,12-15,17-23H2,1-11H3,(H,50,51)/b24-16+/t25-,26+,27+,28+,29-,30+,31-,32-,33+,34+,35+,36-,37-,38-,40-,41+,43+,44-,45+,46+/m1/s1. The Kier molecular flexibility index (Phi) is 14.8. The lowest BCUT2D eigenvalue weighted by atomic mass is 9.76. The molecule has 14 heteroatoms. The smallest absolute Gasteiger partial charge is 0.306 e. The molecule has 0 radical (unpaired) electrons. The number of ether oxygens (including phenoxy) is 8. The maximum atomic E-state index is 13.3. The maximum absolute atomic E-state index is 13.3. The van der Waals surface area contributed by atoms with Gasteiger partial charge in [0.15, 0.2) is 29.4 Å². The number of aliphatic carboxylic acids is 1. The Morgan fingerprint density at radius 1 is 0.933 bits per heavy atom. The van der Waals surface area contributed by atoms with Crippen molar-refractivity contribution in [1.82, 2.24) is 0 Å². The van der Waals surface area contributed by atoms with Crippen LogP contribution < -0.4 is 0 Å². The van der Waals surface area contributed by atoms with Gasteiger partial charge in [0.2, 0.25) is 0 Å². The Bertz CT molecular complexity index is 1530. The predicted molar refractivity (Wildman–Crippen MR) is 219 cm³/mol. The second-order valence-electron chi connectivity index (χ2n) is 20.2. The number of carbonyl (C=O) groups excluding carboxylic acids is 1. The molecule has 344 valence electrons. The molecule has 6 aliphatic heterocycles. The molecule has 0 aliphatic carbocycles. The summed E-state index contributed by atoms with van der Waals surface area (Å²) < 4.78 is 53.4. The normalized spacial score (nSPS) is 48.0. The first-order valence-electron chi connectivity index (χ1n) is 22.8. The van der Waals surface area contributed by atoms with Crippen LogP contribution in [0.3, 0.4) is 0 Å². The van der Waals surface area contributed by atoms with Crippen molar-refractivity contribution in [1.29, 1.82) is 0 Å². The van der Waals surface area contributed by atoms with Crippen LogP contribution >= 0.6 is 0 Å². The Labute approximate surface area is 357 Å². The lowest BCUT2D eigenvalue weighted by molar-refractivity contribution is -0.389. The zero-order chi connectivity index (χ0) is 44.1.